The third-order valence-corrected chi connectivity index (χ3v) is 4.77. The SMILES string of the molecule is CCOc1nc(C(=O)NCC(=O)O)c(O)c2ccc(Oc3ccc(C(C)(C)C)cc3)cc12. The van der Waals surface area contributed by atoms with Crippen molar-refractivity contribution in [2.45, 2.75) is 33.1 Å². The molecule has 32 heavy (non-hydrogen) atoms. The molecule has 0 unspecified atom stereocenters. The predicted octanol–water partition coefficient (Wildman–Crippen LogP) is 4.24. The van der Waals surface area contributed by atoms with Crippen LogP contribution in [0.3, 0.4) is 0 Å². The number of fused-ring (bicyclic) bond motifs is 1. The molecule has 0 atom stereocenters. The van der Waals surface area contributed by atoms with Crippen LogP contribution in [0.4, 0.5) is 0 Å². The molecule has 0 aliphatic heterocycles. The maximum Gasteiger partial charge on any atom is 0.322 e. The molecule has 1 heterocycles. The minimum Gasteiger partial charge on any atom is -0.505 e. The van der Waals surface area contributed by atoms with Gasteiger partial charge in [0.05, 0.1) is 12.0 Å². The molecule has 0 fully saturated rings. The first-order valence-corrected chi connectivity index (χ1v) is 10.2. The van der Waals surface area contributed by atoms with E-state index in [0.29, 0.717) is 22.3 Å². The summed E-state index contributed by atoms with van der Waals surface area (Å²) in [6.07, 6.45) is 0. The number of hydrogen-bond acceptors (Lipinski definition) is 6. The zero-order chi connectivity index (χ0) is 23.5. The molecule has 0 spiro atoms. The monoisotopic (exact) mass is 438 g/mol. The maximum absolute atomic E-state index is 12.3. The molecule has 3 aromatic rings. The van der Waals surface area contributed by atoms with Gasteiger partial charge >= 0.3 is 5.97 Å². The molecule has 0 aliphatic rings. The van der Waals surface area contributed by atoms with Crippen LogP contribution in [-0.2, 0) is 10.2 Å². The number of aromatic nitrogens is 1. The summed E-state index contributed by atoms with van der Waals surface area (Å²) >= 11 is 0. The lowest BCUT2D eigenvalue weighted by Gasteiger charge is -2.19. The fraction of sp³-hybridized carbons (Fsp3) is 0.292. The third-order valence-electron chi connectivity index (χ3n) is 4.77. The molecular formula is C24H26N2O6. The van der Waals surface area contributed by atoms with Gasteiger partial charge in [0.15, 0.2) is 11.4 Å². The van der Waals surface area contributed by atoms with E-state index in [9.17, 15) is 14.7 Å². The predicted molar refractivity (Wildman–Crippen MR) is 120 cm³/mol. The van der Waals surface area contributed by atoms with E-state index >= 15 is 0 Å². The number of benzene rings is 2. The highest BCUT2D eigenvalue weighted by Crippen LogP contribution is 2.37. The lowest BCUT2D eigenvalue weighted by molar-refractivity contribution is -0.135. The Kier molecular flexibility index (Phi) is 6.53. The molecular weight excluding hydrogens is 412 g/mol. The summed E-state index contributed by atoms with van der Waals surface area (Å²) in [7, 11) is 0. The van der Waals surface area contributed by atoms with Crippen LogP contribution in [0.5, 0.6) is 23.1 Å². The lowest BCUT2D eigenvalue weighted by atomic mass is 9.87. The smallest absolute Gasteiger partial charge is 0.322 e. The van der Waals surface area contributed by atoms with Gasteiger partial charge in [0, 0.05) is 5.39 Å². The molecule has 3 N–H and O–H groups in total. The Labute approximate surface area is 185 Å². The van der Waals surface area contributed by atoms with Crippen LogP contribution >= 0.6 is 0 Å². The Bertz CT molecular complexity index is 1150. The number of aromatic hydroxyl groups is 1. The first-order valence-electron chi connectivity index (χ1n) is 10.2. The fourth-order valence-electron chi connectivity index (χ4n) is 3.12. The molecule has 0 bridgehead atoms. The zero-order valence-corrected chi connectivity index (χ0v) is 18.4. The van der Waals surface area contributed by atoms with Crippen LogP contribution < -0.4 is 14.8 Å². The van der Waals surface area contributed by atoms with Crippen LogP contribution in [0.25, 0.3) is 10.8 Å². The summed E-state index contributed by atoms with van der Waals surface area (Å²) in [5, 5.41) is 22.3. The second kappa shape index (κ2) is 9.13. The van der Waals surface area contributed by atoms with Gasteiger partial charge in [-0.2, -0.15) is 0 Å². The van der Waals surface area contributed by atoms with Crippen molar-refractivity contribution in [2.24, 2.45) is 0 Å². The van der Waals surface area contributed by atoms with Crippen molar-refractivity contribution in [3.8, 4) is 23.1 Å². The minimum atomic E-state index is -1.21. The maximum atomic E-state index is 12.3. The van der Waals surface area contributed by atoms with Crippen molar-refractivity contribution in [2.75, 3.05) is 13.2 Å². The number of rotatable bonds is 7. The van der Waals surface area contributed by atoms with Crippen molar-refractivity contribution in [3.05, 3.63) is 53.7 Å². The molecule has 1 amide bonds. The van der Waals surface area contributed by atoms with Crippen LogP contribution in [0.1, 0.15) is 43.7 Å². The van der Waals surface area contributed by atoms with E-state index in [2.05, 4.69) is 31.1 Å². The third kappa shape index (κ3) is 5.08. The van der Waals surface area contributed by atoms with E-state index in [0.717, 1.165) is 0 Å². The normalized spacial score (nSPS) is 11.2. The topological polar surface area (TPSA) is 118 Å². The summed E-state index contributed by atoms with van der Waals surface area (Å²) in [4.78, 5) is 27.1. The summed E-state index contributed by atoms with van der Waals surface area (Å²) in [5.74, 6) is -1.10. The highest BCUT2D eigenvalue weighted by molar-refractivity contribution is 6.04. The standard InChI is InChI=1S/C24H26N2O6/c1-5-31-23-18-12-16(32-15-8-6-14(7-9-15)24(2,3)4)10-11-17(18)21(29)20(26-23)22(30)25-13-19(27)28/h6-12,29H,5,13H2,1-4H3,(H,25,30)(H,27,28). The van der Waals surface area contributed by atoms with Crippen LogP contribution in [0.2, 0.25) is 0 Å². The number of amides is 1. The van der Waals surface area contributed by atoms with E-state index in [1.54, 1.807) is 25.1 Å². The molecule has 0 aliphatic carbocycles. The van der Waals surface area contributed by atoms with Crippen molar-refractivity contribution in [3.63, 3.8) is 0 Å². The second-order valence-electron chi connectivity index (χ2n) is 8.21. The Morgan fingerprint density at radius 1 is 1.03 bits per heavy atom. The van der Waals surface area contributed by atoms with Crippen molar-refractivity contribution < 1.29 is 29.3 Å². The highest BCUT2D eigenvalue weighted by Gasteiger charge is 2.21. The van der Waals surface area contributed by atoms with Gasteiger partial charge in [-0.1, -0.05) is 32.9 Å². The average Bonchev–Trinajstić information content (AvgIpc) is 2.74. The number of ether oxygens (including phenoxy) is 2. The first kappa shape index (κ1) is 22.9. The van der Waals surface area contributed by atoms with Crippen molar-refractivity contribution in [1.29, 1.82) is 0 Å². The van der Waals surface area contributed by atoms with E-state index < -0.39 is 18.4 Å². The Morgan fingerprint density at radius 3 is 2.28 bits per heavy atom. The van der Waals surface area contributed by atoms with Gasteiger partial charge in [0.1, 0.15) is 18.0 Å². The molecule has 2 aromatic carbocycles. The number of carboxylic acid groups (broad SMARTS) is 1. The average molecular weight is 438 g/mol. The van der Waals surface area contributed by atoms with Gasteiger partial charge in [0.2, 0.25) is 5.88 Å². The Morgan fingerprint density at radius 2 is 1.69 bits per heavy atom. The molecule has 0 radical (unpaired) electrons. The number of aliphatic carboxylic acids is 1. The van der Waals surface area contributed by atoms with Crippen LogP contribution in [0, 0.1) is 0 Å². The molecule has 168 valence electrons. The van der Waals surface area contributed by atoms with Gasteiger partial charge in [-0.15, -0.1) is 0 Å². The Balaban J connectivity index is 1.96. The number of carbonyl (C=O) groups is 2. The van der Waals surface area contributed by atoms with E-state index in [1.165, 1.54) is 5.56 Å². The minimum absolute atomic E-state index is 0.0333. The summed E-state index contributed by atoms with van der Waals surface area (Å²) < 4.78 is 11.5. The molecule has 3 rings (SSSR count). The summed E-state index contributed by atoms with van der Waals surface area (Å²) in [6.45, 7) is 7.86. The largest absolute Gasteiger partial charge is 0.505 e. The Hall–Kier alpha value is -3.81. The summed E-state index contributed by atoms with van der Waals surface area (Å²) in [6, 6.07) is 12.7. The number of nitrogens with one attached hydrogen (secondary N) is 1. The number of pyridine rings is 1. The van der Waals surface area contributed by atoms with Gasteiger partial charge in [-0.3, -0.25) is 9.59 Å². The number of hydrogen-bond donors (Lipinski definition) is 3. The van der Waals surface area contributed by atoms with Gasteiger partial charge in [-0.25, -0.2) is 4.98 Å². The molecule has 8 nitrogen and oxygen atoms in total. The zero-order valence-electron chi connectivity index (χ0n) is 18.4. The number of carboxylic acids is 1. The quantitative estimate of drug-likeness (QED) is 0.505. The van der Waals surface area contributed by atoms with Gasteiger partial charge in [0.25, 0.3) is 5.91 Å². The van der Waals surface area contributed by atoms with E-state index in [1.807, 2.05) is 24.3 Å². The molecule has 0 saturated heterocycles. The molecule has 0 saturated carbocycles. The lowest BCUT2D eigenvalue weighted by Crippen LogP contribution is -2.30. The number of carbonyl (C=O) groups excluding carboxylic acids is 1. The molecule has 8 heteroatoms. The van der Waals surface area contributed by atoms with Crippen molar-refractivity contribution in [1.82, 2.24) is 10.3 Å². The second-order valence-corrected chi connectivity index (χ2v) is 8.21. The van der Waals surface area contributed by atoms with E-state index in [-0.39, 0.29) is 29.3 Å². The highest BCUT2D eigenvalue weighted by atomic mass is 16.5. The first-order chi connectivity index (χ1) is 15.1. The van der Waals surface area contributed by atoms with Crippen LogP contribution in [0.15, 0.2) is 42.5 Å². The van der Waals surface area contributed by atoms with E-state index in [4.69, 9.17) is 14.6 Å². The van der Waals surface area contributed by atoms with Crippen molar-refractivity contribution >= 4 is 22.6 Å². The molecule has 1 aromatic heterocycles. The van der Waals surface area contributed by atoms with Gasteiger partial charge < -0.3 is 25.0 Å². The van der Waals surface area contributed by atoms with Gasteiger partial charge in [-0.05, 0) is 48.2 Å². The fourth-order valence-corrected chi connectivity index (χ4v) is 3.12. The van der Waals surface area contributed by atoms with Crippen LogP contribution in [-0.4, -0.2) is 40.2 Å². The number of nitrogens with zero attached hydrogens (tertiary/aromatic N) is 1. The summed E-state index contributed by atoms with van der Waals surface area (Å²) in [5.41, 5.74) is 0.907.